The molecular formula is C27H40N6O. The molecule has 0 saturated heterocycles. The summed E-state index contributed by atoms with van der Waals surface area (Å²) in [7, 11) is 4.13. The lowest BCUT2D eigenvalue weighted by Crippen LogP contribution is -2.36. The second-order valence-electron chi connectivity index (χ2n) is 10.0. The predicted octanol–water partition coefficient (Wildman–Crippen LogP) is 5.17. The largest absolute Gasteiger partial charge is 0.362 e. The molecule has 2 aliphatic rings. The molecule has 3 N–H and O–H groups in total. The highest BCUT2D eigenvalue weighted by molar-refractivity contribution is 5.90. The molecule has 4 rings (SSSR count). The van der Waals surface area contributed by atoms with Gasteiger partial charge in [0.1, 0.15) is 5.82 Å². The summed E-state index contributed by atoms with van der Waals surface area (Å²) in [4.78, 5) is 24.3. The number of carbonyl (C=O) groups excluding carboxylic acids is 1. The van der Waals surface area contributed by atoms with Gasteiger partial charge >= 0.3 is 6.03 Å². The summed E-state index contributed by atoms with van der Waals surface area (Å²) in [6, 6.07) is 8.34. The number of para-hydroxylation sites is 1. The van der Waals surface area contributed by atoms with Crippen LogP contribution in [0.3, 0.4) is 0 Å². The smallest absolute Gasteiger partial charge is 0.319 e. The highest BCUT2D eigenvalue weighted by atomic mass is 16.2. The first-order valence-electron chi connectivity index (χ1n) is 13.0. The summed E-state index contributed by atoms with van der Waals surface area (Å²) in [6.07, 6.45) is 10.9. The SMILES string of the molecule is CCCc1ccccc1NC(=O)NCC1CCC(Nc2nc3c(c(N(C)C)n2)CCCC3)CC1. The zero-order valence-corrected chi connectivity index (χ0v) is 21.0. The van der Waals surface area contributed by atoms with E-state index in [-0.39, 0.29) is 6.03 Å². The topological polar surface area (TPSA) is 82.2 Å². The molecule has 34 heavy (non-hydrogen) atoms. The van der Waals surface area contributed by atoms with E-state index < -0.39 is 0 Å². The minimum Gasteiger partial charge on any atom is -0.362 e. The van der Waals surface area contributed by atoms with Crippen molar-refractivity contribution in [3.8, 4) is 0 Å². The number of amides is 2. The number of hydrogen-bond donors (Lipinski definition) is 3. The summed E-state index contributed by atoms with van der Waals surface area (Å²) >= 11 is 0. The quantitative estimate of drug-likeness (QED) is 0.502. The Morgan fingerprint density at radius 2 is 1.82 bits per heavy atom. The van der Waals surface area contributed by atoms with Crippen LogP contribution in [-0.2, 0) is 19.3 Å². The number of rotatable bonds is 8. The van der Waals surface area contributed by atoms with Gasteiger partial charge in [-0.2, -0.15) is 4.98 Å². The van der Waals surface area contributed by atoms with Crippen LogP contribution < -0.4 is 20.9 Å². The summed E-state index contributed by atoms with van der Waals surface area (Å²) in [5.41, 5.74) is 4.65. The van der Waals surface area contributed by atoms with Crippen molar-refractivity contribution in [2.75, 3.05) is 36.2 Å². The fraction of sp³-hybridized carbons (Fsp3) is 0.593. The van der Waals surface area contributed by atoms with Crippen molar-refractivity contribution >= 4 is 23.5 Å². The molecule has 1 heterocycles. The highest BCUT2D eigenvalue weighted by Crippen LogP contribution is 2.30. The monoisotopic (exact) mass is 464 g/mol. The standard InChI is InChI=1S/C27H40N6O/c1-4-9-20-10-5-7-12-23(20)31-27(34)28-18-19-14-16-21(17-15-19)29-26-30-24-13-8-6-11-22(24)25(32-26)33(2)3/h5,7,10,12,19,21H,4,6,8-9,11,13-18H2,1-3H3,(H2,28,31,34)(H,29,30,32). The molecule has 1 aromatic carbocycles. The Bertz CT molecular complexity index is 968. The molecule has 2 aliphatic carbocycles. The molecule has 2 amide bonds. The molecule has 0 atom stereocenters. The molecule has 0 aliphatic heterocycles. The second-order valence-corrected chi connectivity index (χ2v) is 10.0. The van der Waals surface area contributed by atoms with E-state index >= 15 is 0 Å². The van der Waals surface area contributed by atoms with Gasteiger partial charge in [0.05, 0.1) is 5.69 Å². The number of carbonyl (C=O) groups is 1. The van der Waals surface area contributed by atoms with Gasteiger partial charge in [-0.3, -0.25) is 0 Å². The van der Waals surface area contributed by atoms with E-state index in [9.17, 15) is 4.79 Å². The number of nitrogens with one attached hydrogen (secondary N) is 3. The van der Waals surface area contributed by atoms with E-state index in [1.54, 1.807) is 0 Å². The maximum atomic E-state index is 12.5. The number of nitrogens with zero attached hydrogens (tertiary/aromatic N) is 3. The van der Waals surface area contributed by atoms with E-state index in [2.05, 4.69) is 47.9 Å². The number of hydrogen-bond acceptors (Lipinski definition) is 5. The molecule has 184 valence electrons. The van der Waals surface area contributed by atoms with Crippen LogP contribution in [0, 0.1) is 5.92 Å². The number of fused-ring (bicyclic) bond motifs is 1. The van der Waals surface area contributed by atoms with Crippen LogP contribution in [0.2, 0.25) is 0 Å². The van der Waals surface area contributed by atoms with E-state index in [0.717, 1.165) is 68.8 Å². The van der Waals surface area contributed by atoms with Crippen molar-refractivity contribution in [2.45, 2.75) is 77.2 Å². The first-order chi connectivity index (χ1) is 16.5. The second kappa shape index (κ2) is 11.5. The van der Waals surface area contributed by atoms with Crippen molar-refractivity contribution in [1.29, 1.82) is 0 Å². The van der Waals surface area contributed by atoms with Crippen LogP contribution in [0.15, 0.2) is 24.3 Å². The molecule has 0 spiro atoms. The van der Waals surface area contributed by atoms with Gasteiger partial charge in [-0.1, -0.05) is 31.5 Å². The van der Waals surface area contributed by atoms with Crippen LogP contribution >= 0.6 is 0 Å². The first-order valence-corrected chi connectivity index (χ1v) is 13.0. The number of aryl methyl sites for hydroxylation is 2. The molecule has 0 radical (unpaired) electrons. The van der Waals surface area contributed by atoms with Gasteiger partial charge in [-0.25, -0.2) is 9.78 Å². The summed E-state index contributed by atoms with van der Waals surface area (Å²) in [6.45, 7) is 2.87. The molecular weight excluding hydrogens is 424 g/mol. The van der Waals surface area contributed by atoms with Gasteiger partial charge in [0, 0.05) is 37.9 Å². The molecule has 0 bridgehead atoms. The van der Waals surface area contributed by atoms with Crippen molar-refractivity contribution in [3.63, 3.8) is 0 Å². The summed E-state index contributed by atoms with van der Waals surface area (Å²) in [5.74, 6) is 2.35. The van der Waals surface area contributed by atoms with Gasteiger partial charge in [-0.15, -0.1) is 0 Å². The third kappa shape index (κ3) is 6.19. The van der Waals surface area contributed by atoms with Crippen molar-refractivity contribution in [2.24, 2.45) is 5.92 Å². The maximum absolute atomic E-state index is 12.5. The molecule has 0 unspecified atom stereocenters. The molecule has 1 fully saturated rings. The first kappa shape index (κ1) is 24.3. The van der Waals surface area contributed by atoms with E-state index in [1.165, 1.54) is 29.7 Å². The van der Waals surface area contributed by atoms with Gasteiger partial charge in [0.15, 0.2) is 0 Å². The Morgan fingerprint density at radius 3 is 2.59 bits per heavy atom. The molecule has 1 aromatic heterocycles. The van der Waals surface area contributed by atoms with Gasteiger partial charge in [0.25, 0.3) is 0 Å². The van der Waals surface area contributed by atoms with Crippen LogP contribution in [0.4, 0.5) is 22.2 Å². The van der Waals surface area contributed by atoms with Crippen LogP contribution in [0.25, 0.3) is 0 Å². The number of benzene rings is 1. The number of aromatic nitrogens is 2. The Balaban J connectivity index is 1.25. The Kier molecular flexibility index (Phi) is 8.25. The fourth-order valence-corrected chi connectivity index (χ4v) is 5.24. The highest BCUT2D eigenvalue weighted by Gasteiger charge is 2.24. The zero-order chi connectivity index (χ0) is 23.9. The minimum absolute atomic E-state index is 0.109. The van der Waals surface area contributed by atoms with Gasteiger partial charge in [0.2, 0.25) is 5.95 Å². The lowest BCUT2D eigenvalue weighted by atomic mass is 9.86. The fourth-order valence-electron chi connectivity index (χ4n) is 5.24. The average molecular weight is 465 g/mol. The minimum atomic E-state index is -0.109. The lowest BCUT2D eigenvalue weighted by molar-refractivity contribution is 0.246. The molecule has 2 aromatic rings. The average Bonchev–Trinajstić information content (AvgIpc) is 2.84. The number of urea groups is 1. The van der Waals surface area contributed by atoms with Crippen LogP contribution in [0.5, 0.6) is 0 Å². The van der Waals surface area contributed by atoms with E-state index in [1.807, 2.05) is 18.2 Å². The summed E-state index contributed by atoms with van der Waals surface area (Å²) < 4.78 is 0. The summed E-state index contributed by atoms with van der Waals surface area (Å²) in [5, 5.41) is 9.73. The maximum Gasteiger partial charge on any atom is 0.319 e. The van der Waals surface area contributed by atoms with Gasteiger partial charge < -0.3 is 20.9 Å². The third-order valence-corrected chi connectivity index (χ3v) is 7.10. The van der Waals surface area contributed by atoms with Crippen LogP contribution in [0.1, 0.15) is 68.7 Å². The van der Waals surface area contributed by atoms with Crippen LogP contribution in [-0.4, -0.2) is 42.7 Å². The predicted molar refractivity (Wildman–Crippen MR) is 140 cm³/mol. The molecule has 7 nitrogen and oxygen atoms in total. The van der Waals surface area contributed by atoms with E-state index in [0.29, 0.717) is 18.5 Å². The van der Waals surface area contributed by atoms with Crippen molar-refractivity contribution < 1.29 is 4.79 Å². The number of anilines is 3. The van der Waals surface area contributed by atoms with Gasteiger partial charge in [-0.05, 0) is 75.3 Å². The molecule has 7 heteroatoms. The van der Waals surface area contributed by atoms with E-state index in [4.69, 9.17) is 9.97 Å². The zero-order valence-electron chi connectivity index (χ0n) is 21.0. The lowest BCUT2D eigenvalue weighted by Gasteiger charge is -2.30. The Hall–Kier alpha value is -2.83. The Morgan fingerprint density at radius 1 is 1.06 bits per heavy atom. The Labute approximate surface area is 204 Å². The van der Waals surface area contributed by atoms with Crippen molar-refractivity contribution in [1.82, 2.24) is 15.3 Å². The third-order valence-electron chi connectivity index (χ3n) is 7.10. The molecule has 1 saturated carbocycles. The van der Waals surface area contributed by atoms with Crippen molar-refractivity contribution in [3.05, 3.63) is 41.1 Å². The normalized spacial score (nSPS) is 19.7.